The first kappa shape index (κ1) is 13.0. The van der Waals surface area contributed by atoms with Crippen LogP contribution in [0.2, 0.25) is 0 Å². The third-order valence-corrected chi connectivity index (χ3v) is 4.70. The molecule has 0 bridgehead atoms. The zero-order valence-electron chi connectivity index (χ0n) is 11.1. The molecule has 0 amide bonds. The lowest BCUT2D eigenvalue weighted by Gasteiger charge is -2.27. The third kappa shape index (κ3) is 3.50. The van der Waals surface area contributed by atoms with Gasteiger partial charge in [-0.15, -0.1) is 11.3 Å². The number of likely N-dealkylation sites (tertiary alicyclic amines) is 1. The van der Waals surface area contributed by atoms with E-state index in [2.05, 4.69) is 29.6 Å². The Hall–Kier alpha value is -0.450. The number of thiazole rings is 1. The molecular weight excluding hydrogens is 230 g/mol. The molecular formula is C13H23N3S. The van der Waals surface area contributed by atoms with E-state index in [1.807, 2.05) is 18.4 Å². The molecule has 3 nitrogen and oxygen atoms in total. The fourth-order valence-electron chi connectivity index (χ4n) is 2.28. The quantitative estimate of drug-likeness (QED) is 0.891. The monoisotopic (exact) mass is 253 g/mol. The topological polar surface area (TPSA) is 28.2 Å². The van der Waals surface area contributed by atoms with Crippen LogP contribution in [-0.2, 0) is 6.42 Å². The Morgan fingerprint density at radius 1 is 1.53 bits per heavy atom. The van der Waals surface area contributed by atoms with Crippen molar-refractivity contribution in [1.82, 2.24) is 15.2 Å². The third-order valence-electron chi connectivity index (χ3n) is 3.65. The number of hydrogen-bond acceptors (Lipinski definition) is 4. The van der Waals surface area contributed by atoms with Gasteiger partial charge >= 0.3 is 0 Å². The van der Waals surface area contributed by atoms with E-state index in [1.54, 1.807) is 0 Å². The van der Waals surface area contributed by atoms with E-state index in [4.69, 9.17) is 4.98 Å². The lowest BCUT2D eigenvalue weighted by atomic mass is 9.98. The molecule has 2 rings (SSSR count). The highest BCUT2D eigenvalue weighted by molar-refractivity contribution is 7.09. The SMILES string of the molecule is CNC(C)Cc1csc(C2CCN(C)CC2)n1. The average Bonchev–Trinajstić information content (AvgIpc) is 2.78. The Kier molecular flexibility index (Phi) is 4.54. The van der Waals surface area contributed by atoms with Crippen molar-refractivity contribution in [1.29, 1.82) is 0 Å². The predicted molar refractivity (Wildman–Crippen MR) is 73.8 cm³/mol. The van der Waals surface area contributed by atoms with Crippen LogP contribution in [0.5, 0.6) is 0 Å². The van der Waals surface area contributed by atoms with E-state index in [0.29, 0.717) is 12.0 Å². The lowest BCUT2D eigenvalue weighted by Crippen LogP contribution is -2.29. The van der Waals surface area contributed by atoms with Crippen LogP contribution in [0.1, 0.15) is 36.4 Å². The minimum Gasteiger partial charge on any atom is -0.317 e. The van der Waals surface area contributed by atoms with Gasteiger partial charge in [0.25, 0.3) is 0 Å². The molecule has 96 valence electrons. The van der Waals surface area contributed by atoms with Gasteiger partial charge in [-0.1, -0.05) is 0 Å². The molecule has 0 saturated carbocycles. The summed E-state index contributed by atoms with van der Waals surface area (Å²) in [5.74, 6) is 0.704. The van der Waals surface area contributed by atoms with Crippen molar-refractivity contribution >= 4 is 11.3 Å². The second kappa shape index (κ2) is 5.94. The van der Waals surface area contributed by atoms with E-state index < -0.39 is 0 Å². The second-order valence-electron chi connectivity index (χ2n) is 5.15. The van der Waals surface area contributed by atoms with E-state index in [0.717, 1.165) is 6.42 Å². The van der Waals surface area contributed by atoms with E-state index in [-0.39, 0.29) is 0 Å². The van der Waals surface area contributed by atoms with Gasteiger partial charge in [0.05, 0.1) is 10.7 Å². The number of aromatic nitrogens is 1. The number of likely N-dealkylation sites (N-methyl/N-ethyl adjacent to an activating group) is 1. The second-order valence-corrected chi connectivity index (χ2v) is 6.04. The van der Waals surface area contributed by atoms with Gasteiger partial charge in [-0.3, -0.25) is 0 Å². The van der Waals surface area contributed by atoms with Crippen LogP contribution in [0.4, 0.5) is 0 Å². The maximum atomic E-state index is 4.81. The van der Waals surface area contributed by atoms with Crippen molar-refractivity contribution in [2.45, 2.75) is 38.1 Å². The van der Waals surface area contributed by atoms with Gasteiger partial charge in [-0.05, 0) is 47.0 Å². The fraction of sp³-hybridized carbons (Fsp3) is 0.769. The molecule has 1 aromatic rings. The molecule has 4 heteroatoms. The summed E-state index contributed by atoms with van der Waals surface area (Å²) in [7, 11) is 4.22. The van der Waals surface area contributed by atoms with E-state index in [9.17, 15) is 0 Å². The minimum atomic E-state index is 0.516. The largest absolute Gasteiger partial charge is 0.317 e. The Morgan fingerprint density at radius 3 is 2.88 bits per heavy atom. The summed E-state index contributed by atoms with van der Waals surface area (Å²) >= 11 is 1.85. The first-order valence-corrected chi connectivity index (χ1v) is 7.37. The van der Waals surface area contributed by atoms with Crippen molar-refractivity contribution < 1.29 is 0 Å². The molecule has 2 heterocycles. The van der Waals surface area contributed by atoms with Crippen LogP contribution in [-0.4, -0.2) is 43.1 Å². The first-order chi connectivity index (χ1) is 8.19. The van der Waals surface area contributed by atoms with Gasteiger partial charge in [-0.2, -0.15) is 0 Å². The molecule has 0 aliphatic carbocycles. The molecule has 0 spiro atoms. The number of hydrogen-bond donors (Lipinski definition) is 1. The van der Waals surface area contributed by atoms with Gasteiger partial charge in [-0.25, -0.2) is 4.98 Å². The van der Waals surface area contributed by atoms with Crippen LogP contribution in [0.15, 0.2) is 5.38 Å². The zero-order valence-corrected chi connectivity index (χ0v) is 11.9. The maximum absolute atomic E-state index is 4.81. The van der Waals surface area contributed by atoms with Crippen molar-refractivity contribution in [3.05, 3.63) is 16.1 Å². The van der Waals surface area contributed by atoms with Crippen LogP contribution < -0.4 is 5.32 Å². The average molecular weight is 253 g/mol. The highest BCUT2D eigenvalue weighted by Gasteiger charge is 2.21. The zero-order chi connectivity index (χ0) is 12.3. The number of rotatable bonds is 4. The van der Waals surface area contributed by atoms with Crippen LogP contribution in [0.25, 0.3) is 0 Å². The van der Waals surface area contributed by atoms with Crippen molar-refractivity contribution in [3.8, 4) is 0 Å². The molecule has 1 atom stereocenters. The van der Waals surface area contributed by atoms with Gasteiger partial charge < -0.3 is 10.2 Å². The highest BCUT2D eigenvalue weighted by Crippen LogP contribution is 2.29. The standard InChI is InChI=1S/C13H23N3S/c1-10(14-2)8-12-9-17-13(15-12)11-4-6-16(3)7-5-11/h9-11,14H,4-8H2,1-3H3. The lowest BCUT2D eigenvalue weighted by molar-refractivity contribution is 0.255. The molecule has 1 aliphatic rings. The molecule has 1 aromatic heterocycles. The summed E-state index contributed by atoms with van der Waals surface area (Å²) in [4.78, 5) is 7.22. The first-order valence-electron chi connectivity index (χ1n) is 6.49. The van der Waals surface area contributed by atoms with Gasteiger partial charge in [0.15, 0.2) is 0 Å². The van der Waals surface area contributed by atoms with E-state index >= 15 is 0 Å². The summed E-state index contributed by atoms with van der Waals surface area (Å²) in [5, 5.41) is 6.86. The summed E-state index contributed by atoms with van der Waals surface area (Å²) in [6.07, 6.45) is 3.58. The van der Waals surface area contributed by atoms with Crippen molar-refractivity contribution in [3.63, 3.8) is 0 Å². The van der Waals surface area contributed by atoms with Crippen LogP contribution in [0.3, 0.4) is 0 Å². The number of nitrogens with one attached hydrogen (secondary N) is 1. The van der Waals surface area contributed by atoms with Gasteiger partial charge in [0, 0.05) is 23.8 Å². The minimum absolute atomic E-state index is 0.516. The van der Waals surface area contributed by atoms with Crippen LogP contribution in [0, 0.1) is 0 Å². The van der Waals surface area contributed by atoms with E-state index in [1.165, 1.54) is 36.6 Å². The molecule has 1 unspecified atom stereocenters. The Balaban J connectivity index is 1.93. The number of piperidine rings is 1. The van der Waals surface area contributed by atoms with Crippen LogP contribution >= 0.6 is 11.3 Å². The Morgan fingerprint density at radius 2 is 2.24 bits per heavy atom. The summed E-state index contributed by atoms with van der Waals surface area (Å²) < 4.78 is 0. The fourth-order valence-corrected chi connectivity index (χ4v) is 3.28. The summed E-state index contributed by atoms with van der Waals surface area (Å²) in [6.45, 7) is 4.63. The predicted octanol–water partition coefficient (Wildman–Crippen LogP) is 2.10. The Labute approximate surface area is 108 Å². The molecule has 1 N–H and O–H groups in total. The molecule has 1 saturated heterocycles. The summed E-state index contributed by atoms with van der Waals surface area (Å²) in [5.41, 5.74) is 1.26. The smallest absolute Gasteiger partial charge is 0.0960 e. The number of nitrogens with zero attached hydrogens (tertiary/aromatic N) is 2. The van der Waals surface area contributed by atoms with Crippen molar-refractivity contribution in [2.75, 3.05) is 27.2 Å². The Bertz CT molecular complexity index is 342. The maximum Gasteiger partial charge on any atom is 0.0960 e. The highest BCUT2D eigenvalue weighted by atomic mass is 32.1. The molecule has 0 radical (unpaired) electrons. The van der Waals surface area contributed by atoms with Gasteiger partial charge in [0.2, 0.25) is 0 Å². The molecule has 17 heavy (non-hydrogen) atoms. The molecule has 1 fully saturated rings. The summed E-state index contributed by atoms with van der Waals surface area (Å²) in [6, 6.07) is 0.516. The molecule has 1 aliphatic heterocycles. The normalized spacial score (nSPS) is 20.6. The van der Waals surface area contributed by atoms with Gasteiger partial charge in [0.1, 0.15) is 0 Å². The van der Waals surface area contributed by atoms with Crippen molar-refractivity contribution in [2.24, 2.45) is 0 Å². The molecule has 0 aromatic carbocycles.